The van der Waals surface area contributed by atoms with Gasteiger partial charge < -0.3 is 19.1 Å². The van der Waals surface area contributed by atoms with Crippen LogP contribution >= 0.6 is 0 Å². The molecule has 2 amide bonds. The van der Waals surface area contributed by atoms with E-state index >= 15 is 0 Å². The number of hydrogen-bond donors (Lipinski definition) is 0. The van der Waals surface area contributed by atoms with E-state index in [4.69, 9.17) is 9.26 Å². The molecule has 7 heteroatoms. The van der Waals surface area contributed by atoms with Gasteiger partial charge in [-0.1, -0.05) is 35.0 Å². The highest BCUT2D eigenvalue weighted by molar-refractivity contribution is 5.91. The first-order valence-electron chi connectivity index (χ1n) is 8.28. The lowest BCUT2D eigenvalue weighted by Gasteiger charge is -2.36. The van der Waals surface area contributed by atoms with E-state index in [2.05, 4.69) is 11.2 Å². The number of carbonyl (C=O) groups is 2. The Morgan fingerprint density at radius 3 is 2.96 bits per heavy atom. The van der Waals surface area contributed by atoms with Gasteiger partial charge >= 0.3 is 0 Å². The predicted octanol–water partition coefficient (Wildman–Crippen LogP) is 1.24. The van der Waals surface area contributed by atoms with Crippen molar-refractivity contribution in [2.24, 2.45) is 0 Å². The summed E-state index contributed by atoms with van der Waals surface area (Å²) in [7, 11) is 0. The number of ether oxygens (including phenoxy) is 1. The molecule has 2 atom stereocenters. The van der Waals surface area contributed by atoms with E-state index in [9.17, 15) is 9.59 Å². The minimum absolute atomic E-state index is 0.0447. The van der Waals surface area contributed by atoms with Crippen molar-refractivity contribution in [1.82, 2.24) is 15.0 Å². The SMILES string of the molecule is Cc1cccc(CN2C(=O)CO[C@@H]3CN(C(=O)c4ccno4)C[C@H]32)c1. The Hall–Kier alpha value is -2.67. The summed E-state index contributed by atoms with van der Waals surface area (Å²) in [6.45, 7) is 3.48. The number of aromatic nitrogens is 1. The molecule has 25 heavy (non-hydrogen) atoms. The van der Waals surface area contributed by atoms with Crippen LogP contribution in [0.2, 0.25) is 0 Å². The number of morpholine rings is 1. The minimum atomic E-state index is -0.224. The van der Waals surface area contributed by atoms with Gasteiger partial charge in [0.1, 0.15) is 6.61 Å². The van der Waals surface area contributed by atoms with E-state index in [1.807, 2.05) is 30.0 Å². The lowest BCUT2D eigenvalue weighted by atomic mass is 10.1. The summed E-state index contributed by atoms with van der Waals surface area (Å²) in [6.07, 6.45) is 1.27. The van der Waals surface area contributed by atoms with Crippen LogP contribution < -0.4 is 0 Å². The quantitative estimate of drug-likeness (QED) is 0.839. The fraction of sp³-hybridized carbons (Fsp3) is 0.389. The number of likely N-dealkylation sites (tertiary alicyclic amines) is 1. The summed E-state index contributed by atoms with van der Waals surface area (Å²) in [4.78, 5) is 28.4. The zero-order valence-electron chi connectivity index (χ0n) is 13.9. The van der Waals surface area contributed by atoms with Crippen LogP contribution in [0.3, 0.4) is 0 Å². The molecular weight excluding hydrogens is 322 g/mol. The minimum Gasteiger partial charge on any atom is -0.364 e. The van der Waals surface area contributed by atoms with Crippen molar-refractivity contribution in [3.63, 3.8) is 0 Å². The van der Waals surface area contributed by atoms with Crippen LogP contribution in [0.1, 0.15) is 21.7 Å². The topological polar surface area (TPSA) is 75.9 Å². The number of nitrogens with zero attached hydrogens (tertiary/aromatic N) is 3. The van der Waals surface area contributed by atoms with Crippen molar-refractivity contribution >= 4 is 11.8 Å². The van der Waals surface area contributed by atoms with Crippen LogP contribution in [-0.4, -0.2) is 58.6 Å². The third kappa shape index (κ3) is 3.02. The molecule has 1 aromatic heterocycles. The molecule has 7 nitrogen and oxygen atoms in total. The first-order chi connectivity index (χ1) is 12.1. The van der Waals surface area contributed by atoms with Crippen molar-refractivity contribution in [1.29, 1.82) is 0 Å². The maximum Gasteiger partial charge on any atom is 0.292 e. The van der Waals surface area contributed by atoms with E-state index in [1.165, 1.54) is 6.20 Å². The second-order valence-corrected chi connectivity index (χ2v) is 6.51. The lowest BCUT2D eigenvalue weighted by Crippen LogP contribution is -2.53. The second-order valence-electron chi connectivity index (χ2n) is 6.51. The molecule has 1 aromatic carbocycles. The molecule has 2 aliphatic rings. The van der Waals surface area contributed by atoms with Crippen molar-refractivity contribution < 1.29 is 18.8 Å². The number of rotatable bonds is 3. The van der Waals surface area contributed by atoms with E-state index in [1.54, 1.807) is 11.0 Å². The van der Waals surface area contributed by atoms with Gasteiger partial charge in [0.2, 0.25) is 11.7 Å². The summed E-state index contributed by atoms with van der Waals surface area (Å²) < 4.78 is 10.6. The molecule has 130 valence electrons. The molecule has 0 unspecified atom stereocenters. The smallest absolute Gasteiger partial charge is 0.292 e. The largest absolute Gasteiger partial charge is 0.364 e. The molecule has 4 rings (SSSR count). The number of amides is 2. The van der Waals surface area contributed by atoms with Crippen molar-refractivity contribution in [3.8, 4) is 0 Å². The van der Waals surface area contributed by atoms with Crippen LogP contribution in [0, 0.1) is 6.92 Å². The first-order valence-corrected chi connectivity index (χ1v) is 8.28. The second kappa shape index (κ2) is 6.33. The van der Waals surface area contributed by atoms with Gasteiger partial charge in [-0.05, 0) is 12.5 Å². The molecule has 0 aliphatic carbocycles. The summed E-state index contributed by atoms with van der Waals surface area (Å²) in [5.41, 5.74) is 2.23. The van der Waals surface area contributed by atoms with E-state index in [0.29, 0.717) is 19.6 Å². The van der Waals surface area contributed by atoms with Gasteiger partial charge in [0.25, 0.3) is 5.91 Å². The zero-order chi connectivity index (χ0) is 17.4. The predicted molar refractivity (Wildman–Crippen MR) is 87.7 cm³/mol. The van der Waals surface area contributed by atoms with Crippen LogP contribution in [-0.2, 0) is 16.1 Å². The van der Waals surface area contributed by atoms with Crippen molar-refractivity contribution in [3.05, 3.63) is 53.4 Å². The average molecular weight is 341 g/mol. The Labute approximate surface area is 145 Å². The third-order valence-corrected chi connectivity index (χ3v) is 4.75. The van der Waals surface area contributed by atoms with Crippen molar-refractivity contribution in [2.45, 2.75) is 25.6 Å². The number of fused-ring (bicyclic) bond motifs is 1. The van der Waals surface area contributed by atoms with Gasteiger partial charge in [-0.2, -0.15) is 0 Å². The highest BCUT2D eigenvalue weighted by atomic mass is 16.5. The Balaban J connectivity index is 1.52. The van der Waals surface area contributed by atoms with E-state index in [-0.39, 0.29) is 36.3 Å². The monoisotopic (exact) mass is 341 g/mol. The molecular formula is C18H19N3O4. The third-order valence-electron chi connectivity index (χ3n) is 4.75. The number of benzene rings is 1. The maximum atomic E-state index is 12.5. The van der Waals surface area contributed by atoms with Gasteiger partial charge in [0.05, 0.1) is 18.3 Å². The van der Waals surface area contributed by atoms with Gasteiger partial charge in [-0.3, -0.25) is 9.59 Å². The Morgan fingerprint density at radius 1 is 1.32 bits per heavy atom. The normalized spacial score (nSPS) is 23.0. The molecule has 2 saturated heterocycles. The highest BCUT2D eigenvalue weighted by Gasteiger charge is 2.45. The highest BCUT2D eigenvalue weighted by Crippen LogP contribution is 2.26. The molecule has 0 spiro atoms. The standard InChI is InChI=1S/C18H19N3O4/c1-12-3-2-4-13(7-12)8-21-14-9-20(10-16(14)24-11-17(21)22)18(23)15-5-6-19-25-15/h2-7,14,16H,8-11H2,1H3/t14-,16-/m1/s1. The maximum absolute atomic E-state index is 12.5. The molecule has 0 N–H and O–H groups in total. The van der Waals surface area contributed by atoms with E-state index in [0.717, 1.165) is 11.1 Å². The van der Waals surface area contributed by atoms with Crippen LogP contribution in [0.5, 0.6) is 0 Å². The van der Waals surface area contributed by atoms with Gasteiger partial charge in [-0.15, -0.1) is 0 Å². The summed E-state index contributed by atoms with van der Waals surface area (Å²) in [5.74, 6) is -0.0645. The molecule has 3 heterocycles. The fourth-order valence-electron chi connectivity index (χ4n) is 3.53. The molecule has 2 aliphatic heterocycles. The molecule has 0 saturated carbocycles. The zero-order valence-corrected chi connectivity index (χ0v) is 13.9. The number of hydrogen-bond acceptors (Lipinski definition) is 5. The van der Waals surface area contributed by atoms with Crippen LogP contribution in [0.25, 0.3) is 0 Å². The number of aryl methyl sites for hydroxylation is 1. The van der Waals surface area contributed by atoms with Gasteiger partial charge in [0, 0.05) is 25.7 Å². The number of carbonyl (C=O) groups excluding carboxylic acids is 2. The summed E-state index contributed by atoms with van der Waals surface area (Å²) in [5, 5.41) is 3.58. The molecule has 2 aromatic rings. The Bertz CT molecular complexity index is 789. The Kier molecular flexibility index (Phi) is 4.01. The molecule has 0 bridgehead atoms. The molecule has 0 radical (unpaired) electrons. The van der Waals surface area contributed by atoms with E-state index < -0.39 is 0 Å². The average Bonchev–Trinajstić information content (AvgIpc) is 3.26. The fourth-order valence-corrected chi connectivity index (χ4v) is 3.53. The Morgan fingerprint density at radius 2 is 2.20 bits per heavy atom. The summed E-state index contributed by atoms with van der Waals surface area (Å²) in [6, 6.07) is 9.50. The van der Waals surface area contributed by atoms with Gasteiger partial charge in [0.15, 0.2) is 0 Å². The first kappa shape index (κ1) is 15.8. The van der Waals surface area contributed by atoms with Gasteiger partial charge in [-0.25, -0.2) is 0 Å². The van der Waals surface area contributed by atoms with Crippen LogP contribution in [0.15, 0.2) is 41.1 Å². The molecule has 2 fully saturated rings. The summed E-state index contributed by atoms with van der Waals surface area (Å²) >= 11 is 0. The van der Waals surface area contributed by atoms with Crippen molar-refractivity contribution in [2.75, 3.05) is 19.7 Å². The lowest BCUT2D eigenvalue weighted by molar-refractivity contribution is -0.153. The van der Waals surface area contributed by atoms with Crippen LogP contribution in [0.4, 0.5) is 0 Å².